The van der Waals surface area contributed by atoms with E-state index in [1.165, 1.54) is 0 Å². The SMILES string of the molecule is O=[N+]([O-])c1ccc(S(=O)(=O)Oc2c(-c3ccccc3)ncc3ccccc23)cc1. The molecule has 0 saturated carbocycles. The largest absolute Gasteiger partial charge is 0.376 e. The van der Waals surface area contributed by atoms with Gasteiger partial charge in [0.05, 0.1) is 4.92 Å². The van der Waals surface area contributed by atoms with Crippen LogP contribution in [0.3, 0.4) is 0 Å². The van der Waals surface area contributed by atoms with Crippen LogP contribution in [0.15, 0.2) is 90.0 Å². The van der Waals surface area contributed by atoms with Gasteiger partial charge < -0.3 is 4.18 Å². The molecule has 3 aromatic carbocycles. The summed E-state index contributed by atoms with van der Waals surface area (Å²) in [6.07, 6.45) is 1.66. The molecule has 1 heterocycles. The molecule has 4 aromatic rings. The molecule has 8 heteroatoms. The Morgan fingerprint density at radius 1 is 0.862 bits per heavy atom. The summed E-state index contributed by atoms with van der Waals surface area (Å²) in [7, 11) is -4.24. The van der Waals surface area contributed by atoms with Gasteiger partial charge in [-0.3, -0.25) is 15.1 Å². The molecule has 0 spiro atoms. The minimum atomic E-state index is -4.24. The number of aromatic nitrogens is 1. The predicted molar refractivity (Wildman–Crippen MR) is 108 cm³/mol. The average Bonchev–Trinajstić information content (AvgIpc) is 2.74. The molecule has 0 aliphatic heterocycles. The fourth-order valence-electron chi connectivity index (χ4n) is 2.91. The van der Waals surface area contributed by atoms with Crippen LogP contribution in [0.5, 0.6) is 5.75 Å². The smallest absolute Gasteiger partial charge is 0.339 e. The van der Waals surface area contributed by atoms with Crippen molar-refractivity contribution >= 4 is 26.6 Å². The summed E-state index contributed by atoms with van der Waals surface area (Å²) in [5.41, 5.74) is 0.877. The Hall–Kier alpha value is -3.78. The molecule has 0 bridgehead atoms. The van der Waals surface area contributed by atoms with Crippen LogP contribution in [-0.2, 0) is 10.1 Å². The van der Waals surface area contributed by atoms with E-state index in [1.54, 1.807) is 18.3 Å². The van der Waals surface area contributed by atoms with Crippen molar-refractivity contribution in [1.82, 2.24) is 4.98 Å². The third-order valence-corrected chi connectivity index (χ3v) is 5.57. The highest BCUT2D eigenvalue weighted by atomic mass is 32.2. The summed E-state index contributed by atoms with van der Waals surface area (Å²) >= 11 is 0. The first-order valence-corrected chi connectivity index (χ1v) is 9.99. The number of nitro groups is 1. The van der Waals surface area contributed by atoms with Gasteiger partial charge >= 0.3 is 10.1 Å². The molecule has 4 rings (SSSR count). The highest BCUT2D eigenvalue weighted by Crippen LogP contribution is 2.36. The third-order valence-electron chi connectivity index (χ3n) is 4.33. The summed E-state index contributed by atoms with van der Waals surface area (Å²) in [5.74, 6) is 0.104. The first kappa shape index (κ1) is 18.6. The number of nitrogens with zero attached hydrogens (tertiary/aromatic N) is 2. The maximum Gasteiger partial charge on any atom is 0.339 e. The van der Waals surface area contributed by atoms with Crippen LogP contribution in [0, 0.1) is 10.1 Å². The monoisotopic (exact) mass is 406 g/mol. The van der Waals surface area contributed by atoms with Gasteiger partial charge in [-0.2, -0.15) is 8.42 Å². The standard InChI is InChI=1S/C21H14N2O5S/c24-23(25)17-10-12-18(13-11-17)29(26,27)28-21-19-9-5-4-8-16(19)14-22-20(21)15-6-2-1-3-7-15/h1-14H. The zero-order valence-electron chi connectivity index (χ0n) is 14.9. The van der Waals surface area contributed by atoms with Crippen LogP contribution in [0.4, 0.5) is 5.69 Å². The molecule has 0 aliphatic rings. The number of non-ortho nitro benzene ring substituents is 1. The molecular formula is C21H14N2O5S. The maximum atomic E-state index is 12.9. The van der Waals surface area contributed by atoms with E-state index in [1.807, 2.05) is 42.5 Å². The second-order valence-corrected chi connectivity index (χ2v) is 7.72. The summed E-state index contributed by atoms with van der Waals surface area (Å²) in [6, 6.07) is 20.8. The van der Waals surface area contributed by atoms with E-state index < -0.39 is 15.0 Å². The second kappa shape index (κ2) is 7.33. The van der Waals surface area contributed by atoms with Gasteiger partial charge in [0.2, 0.25) is 0 Å². The van der Waals surface area contributed by atoms with E-state index >= 15 is 0 Å². The molecule has 144 valence electrons. The van der Waals surface area contributed by atoms with Crippen LogP contribution >= 0.6 is 0 Å². The zero-order valence-corrected chi connectivity index (χ0v) is 15.7. The van der Waals surface area contributed by atoms with Crippen molar-refractivity contribution in [3.05, 3.63) is 95.2 Å². The van der Waals surface area contributed by atoms with E-state index in [-0.39, 0.29) is 16.3 Å². The molecular weight excluding hydrogens is 392 g/mol. The quantitative estimate of drug-likeness (QED) is 0.273. The van der Waals surface area contributed by atoms with Gasteiger partial charge in [0.15, 0.2) is 5.75 Å². The normalized spacial score (nSPS) is 11.3. The number of fused-ring (bicyclic) bond motifs is 1. The molecule has 29 heavy (non-hydrogen) atoms. The average molecular weight is 406 g/mol. The molecule has 0 atom stereocenters. The van der Waals surface area contributed by atoms with Crippen molar-refractivity contribution in [3.8, 4) is 17.0 Å². The number of rotatable bonds is 5. The van der Waals surface area contributed by atoms with Gasteiger partial charge in [0.25, 0.3) is 5.69 Å². The Morgan fingerprint density at radius 2 is 1.52 bits per heavy atom. The van der Waals surface area contributed by atoms with Gasteiger partial charge in [-0.15, -0.1) is 0 Å². The number of hydrogen-bond acceptors (Lipinski definition) is 6. The number of pyridine rings is 1. The number of benzene rings is 3. The first-order chi connectivity index (χ1) is 14.0. The fraction of sp³-hybridized carbons (Fsp3) is 0. The predicted octanol–water partition coefficient (Wildman–Crippen LogP) is 4.58. The third kappa shape index (κ3) is 3.65. The lowest BCUT2D eigenvalue weighted by Crippen LogP contribution is -2.11. The van der Waals surface area contributed by atoms with Crippen molar-refractivity contribution in [1.29, 1.82) is 0 Å². The molecule has 0 aliphatic carbocycles. The Bertz CT molecular complexity index is 1300. The van der Waals surface area contributed by atoms with E-state index in [2.05, 4.69) is 4.98 Å². The van der Waals surface area contributed by atoms with Gasteiger partial charge in [-0.25, -0.2) is 0 Å². The highest BCUT2D eigenvalue weighted by Gasteiger charge is 2.23. The Balaban J connectivity index is 1.85. The topological polar surface area (TPSA) is 99.4 Å². The molecule has 7 nitrogen and oxygen atoms in total. The van der Waals surface area contributed by atoms with Gasteiger partial charge in [0, 0.05) is 34.7 Å². The molecule has 0 N–H and O–H groups in total. The Kier molecular flexibility index (Phi) is 4.69. The first-order valence-electron chi connectivity index (χ1n) is 8.58. The molecule has 0 amide bonds. The van der Waals surface area contributed by atoms with E-state index in [4.69, 9.17) is 4.18 Å². The van der Waals surface area contributed by atoms with Crippen molar-refractivity contribution < 1.29 is 17.5 Å². The fourth-order valence-corrected chi connectivity index (χ4v) is 3.87. The lowest BCUT2D eigenvalue weighted by atomic mass is 10.1. The summed E-state index contributed by atoms with van der Waals surface area (Å²) in [4.78, 5) is 14.4. The lowest BCUT2D eigenvalue weighted by Gasteiger charge is -2.14. The summed E-state index contributed by atoms with van der Waals surface area (Å²) < 4.78 is 31.3. The lowest BCUT2D eigenvalue weighted by molar-refractivity contribution is -0.384. The van der Waals surface area contributed by atoms with Crippen molar-refractivity contribution in [2.45, 2.75) is 4.90 Å². The van der Waals surface area contributed by atoms with Crippen LogP contribution in [-0.4, -0.2) is 18.3 Å². The Labute approximate surface area is 166 Å². The van der Waals surface area contributed by atoms with E-state index in [0.29, 0.717) is 16.6 Å². The second-order valence-electron chi connectivity index (χ2n) is 6.18. The van der Waals surface area contributed by atoms with E-state index in [9.17, 15) is 18.5 Å². The van der Waals surface area contributed by atoms with Gasteiger partial charge in [0.1, 0.15) is 10.6 Å². The summed E-state index contributed by atoms with van der Waals surface area (Å²) in [5, 5.41) is 12.1. The van der Waals surface area contributed by atoms with Crippen LogP contribution in [0.25, 0.3) is 22.0 Å². The number of hydrogen-bond donors (Lipinski definition) is 0. The maximum absolute atomic E-state index is 12.9. The summed E-state index contributed by atoms with van der Waals surface area (Å²) in [6.45, 7) is 0. The Morgan fingerprint density at radius 3 is 2.21 bits per heavy atom. The van der Waals surface area contributed by atoms with Crippen LogP contribution in [0.2, 0.25) is 0 Å². The highest BCUT2D eigenvalue weighted by molar-refractivity contribution is 7.87. The van der Waals surface area contributed by atoms with Crippen LogP contribution < -0.4 is 4.18 Å². The molecule has 0 radical (unpaired) electrons. The van der Waals surface area contributed by atoms with Crippen LogP contribution in [0.1, 0.15) is 0 Å². The van der Waals surface area contributed by atoms with Crippen molar-refractivity contribution in [3.63, 3.8) is 0 Å². The zero-order chi connectivity index (χ0) is 20.4. The van der Waals surface area contributed by atoms with Crippen molar-refractivity contribution in [2.75, 3.05) is 0 Å². The molecule has 0 unspecified atom stereocenters. The van der Waals surface area contributed by atoms with Crippen molar-refractivity contribution in [2.24, 2.45) is 0 Å². The minimum absolute atomic E-state index is 0.104. The molecule has 1 aromatic heterocycles. The van der Waals surface area contributed by atoms with E-state index in [0.717, 1.165) is 29.7 Å². The molecule has 0 fully saturated rings. The number of nitro benzene ring substituents is 1. The minimum Gasteiger partial charge on any atom is -0.376 e. The van der Waals surface area contributed by atoms with Gasteiger partial charge in [-0.05, 0) is 12.1 Å². The van der Waals surface area contributed by atoms with Gasteiger partial charge in [-0.1, -0.05) is 54.6 Å². The molecule has 0 saturated heterocycles.